The quantitative estimate of drug-likeness (QED) is 0.226. The van der Waals surface area contributed by atoms with Crippen LogP contribution in [0.3, 0.4) is 0 Å². The molecule has 0 aliphatic carbocycles. The summed E-state index contributed by atoms with van der Waals surface area (Å²) in [6.45, 7) is 3.38. The predicted molar refractivity (Wildman–Crippen MR) is 66.4 cm³/mol. The Bertz CT molecular complexity index is 483. The molecule has 2 atom stereocenters. The summed E-state index contributed by atoms with van der Waals surface area (Å²) < 4.78 is 14.9. The van der Waals surface area contributed by atoms with Crippen molar-refractivity contribution in [2.24, 2.45) is 0 Å². The van der Waals surface area contributed by atoms with Crippen molar-refractivity contribution in [1.29, 1.82) is 0 Å². The number of nitro groups is 1. The minimum absolute atomic E-state index is 0.348. The van der Waals surface area contributed by atoms with Gasteiger partial charge in [-0.25, -0.2) is 0 Å². The van der Waals surface area contributed by atoms with Crippen LogP contribution in [-0.2, 0) is 28.6 Å². The number of nitrogens with zero attached hydrogens (tertiary/aromatic N) is 1. The number of esters is 2. The smallest absolute Gasteiger partial charge is 0.336 e. The largest absolute Gasteiger partial charge is 0.422 e. The highest BCUT2D eigenvalue weighted by atomic mass is 16.7. The molecule has 0 fully saturated rings. The van der Waals surface area contributed by atoms with Gasteiger partial charge in [0.15, 0.2) is 5.60 Å². The minimum Gasteiger partial charge on any atom is -0.422 e. The van der Waals surface area contributed by atoms with Gasteiger partial charge in [0.1, 0.15) is 5.78 Å². The topological polar surface area (TPSA) is 122 Å². The number of ether oxygens (including phenoxy) is 3. The third-order valence-corrected chi connectivity index (χ3v) is 2.56. The van der Waals surface area contributed by atoms with E-state index in [4.69, 9.17) is 14.2 Å². The predicted octanol–water partition coefficient (Wildman–Crippen LogP) is 0.346. The van der Waals surface area contributed by atoms with Crippen molar-refractivity contribution in [2.45, 2.75) is 45.3 Å². The molecule has 0 N–H and O–H groups in total. The Morgan fingerprint density at radius 2 is 1.81 bits per heavy atom. The lowest BCUT2D eigenvalue weighted by atomic mass is 9.96. The Balaban J connectivity index is 3.11. The number of Topliss-reactive ketones (excluding diaryl/α,β-unsaturated/α-hetero) is 1. The maximum absolute atomic E-state index is 11.4. The van der Waals surface area contributed by atoms with Crippen molar-refractivity contribution in [3.05, 3.63) is 22.3 Å². The van der Waals surface area contributed by atoms with Crippen LogP contribution in [0.15, 0.2) is 12.2 Å². The molecule has 1 aliphatic heterocycles. The van der Waals surface area contributed by atoms with Gasteiger partial charge >= 0.3 is 18.2 Å². The molecule has 0 aromatic heterocycles. The highest BCUT2D eigenvalue weighted by molar-refractivity contribution is 5.77. The molecule has 0 aromatic rings. The fourth-order valence-electron chi connectivity index (χ4n) is 1.89. The van der Waals surface area contributed by atoms with Gasteiger partial charge in [-0.3, -0.25) is 29.2 Å². The van der Waals surface area contributed by atoms with E-state index in [-0.39, 0.29) is 12.2 Å². The van der Waals surface area contributed by atoms with Crippen LogP contribution in [0.2, 0.25) is 0 Å². The van der Waals surface area contributed by atoms with Crippen LogP contribution in [0.25, 0.3) is 0 Å². The van der Waals surface area contributed by atoms with Gasteiger partial charge in [0, 0.05) is 26.3 Å². The van der Waals surface area contributed by atoms with E-state index in [0.717, 1.165) is 19.9 Å². The van der Waals surface area contributed by atoms with Crippen molar-refractivity contribution < 1.29 is 33.5 Å². The average molecular weight is 301 g/mol. The van der Waals surface area contributed by atoms with E-state index in [9.17, 15) is 24.5 Å². The fraction of sp³-hybridized carbons (Fsp3) is 0.583. The van der Waals surface area contributed by atoms with Gasteiger partial charge in [-0.05, 0) is 13.0 Å². The lowest BCUT2D eigenvalue weighted by Gasteiger charge is -2.32. The van der Waals surface area contributed by atoms with Crippen LogP contribution in [0.4, 0.5) is 0 Å². The molecule has 116 valence electrons. The number of ketones is 1. The molecule has 1 heterocycles. The molecule has 0 saturated carbocycles. The first kappa shape index (κ1) is 16.8. The fourth-order valence-corrected chi connectivity index (χ4v) is 1.89. The van der Waals surface area contributed by atoms with E-state index in [1.165, 1.54) is 13.0 Å². The molecule has 1 rings (SSSR count). The molecular weight excluding hydrogens is 286 g/mol. The number of carbonyl (C=O) groups excluding carboxylic acids is 3. The standard InChI is InChI=1S/C12H15NO8/c1-7(14)6-12(5-4-10(21-12)13(17)18)11(19-8(2)15)20-9(3)16/h4-5,10-11H,6H2,1-3H3. The molecule has 0 spiro atoms. The molecular formula is C12H15NO8. The van der Waals surface area contributed by atoms with E-state index >= 15 is 0 Å². The summed E-state index contributed by atoms with van der Waals surface area (Å²) in [4.78, 5) is 43.7. The normalized spacial score (nSPS) is 23.9. The van der Waals surface area contributed by atoms with Crippen molar-refractivity contribution in [3.8, 4) is 0 Å². The number of carbonyl (C=O) groups is 3. The highest BCUT2D eigenvalue weighted by Crippen LogP contribution is 2.33. The SMILES string of the molecule is CC(=O)CC1(C(OC(C)=O)OC(C)=O)C=CC([N+](=O)[O-])O1. The van der Waals surface area contributed by atoms with E-state index in [1.807, 2.05) is 0 Å². The third kappa shape index (κ3) is 4.35. The maximum Gasteiger partial charge on any atom is 0.336 e. The molecule has 0 saturated heterocycles. The van der Waals surface area contributed by atoms with E-state index < -0.39 is 35.0 Å². The van der Waals surface area contributed by atoms with Crippen molar-refractivity contribution in [2.75, 3.05) is 0 Å². The third-order valence-electron chi connectivity index (χ3n) is 2.56. The van der Waals surface area contributed by atoms with E-state index in [1.54, 1.807) is 0 Å². The van der Waals surface area contributed by atoms with Gasteiger partial charge < -0.3 is 9.47 Å². The Kier molecular flexibility index (Phi) is 5.14. The first-order chi connectivity index (χ1) is 9.66. The van der Waals surface area contributed by atoms with Gasteiger partial charge in [0.2, 0.25) is 0 Å². The van der Waals surface area contributed by atoms with Crippen LogP contribution in [0, 0.1) is 10.1 Å². The van der Waals surface area contributed by atoms with Gasteiger partial charge in [-0.2, -0.15) is 0 Å². The number of hydrogen-bond donors (Lipinski definition) is 0. The van der Waals surface area contributed by atoms with Gasteiger partial charge in [-0.15, -0.1) is 0 Å². The van der Waals surface area contributed by atoms with Crippen molar-refractivity contribution >= 4 is 17.7 Å². The van der Waals surface area contributed by atoms with Crippen molar-refractivity contribution in [1.82, 2.24) is 0 Å². The van der Waals surface area contributed by atoms with Crippen LogP contribution in [0.5, 0.6) is 0 Å². The lowest BCUT2D eigenvalue weighted by Crippen LogP contribution is -2.49. The Morgan fingerprint density at radius 3 is 2.14 bits per heavy atom. The summed E-state index contributed by atoms with van der Waals surface area (Å²) in [6, 6.07) is 0. The molecule has 0 bridgehead atoms. The zero-order valence-corrected chi connectivity index (χ0v) is 11.7. The monoisotopic (exact) mass is 301 g/mol. The molecule has 21 heavy (non-hydrogen) atoms. The van der Waals surface area contributed by atoms with Gasteiger partial charge in [-0.1, -0.05) is 0 Å². The molecule has 1 aliphatic rings. The zero-order chi connectivity index (χ0) is 16.2. The number of hydrogen-bond acceptors (Lipinski definition) is 8. The summed E-state index contributed by atoms with van der Waals surface area (Å²) in [6.07, 6.45) is -1.14. The Morgan fingerprint density at radius 1 is 1.29 bits per heavy atom. The summed E-state index contributed by atoms with van der Waals surface area (Å²) in [5.41, 5.74) is -1.71. The van der Waals surface area contributed by atoms with Gasteiger partial charge in [0.05, 0.1) is 4.92 Å². The van der Waals surface area contributed by atoms with Crippen LogP contribution in [0.1, 0.15) is 27.2 Å². The highest BCUT2D eigenvalue weighted by Gasteiger charge is 2.51. The molecule has 9 heteroatoms. The maximum atomic E-state index is 11.4. The summed E-state index contributed by atoms with van der Waals surface area (Å²) >= 11 is 0. The Hall–Kier alpha value is -2.29. The van der Waals surface area contributed by atoms with Crippen LogP contribution >= 0.6 is 0 Å². The second kappa shape index (κ2) is 6.44. The minimum atomic E-state index is -1.71. The first-order valence-corrected chi connectivity index (χ1v) is 6.01. The second-order valence-corrected chi connectivity index (χ2v) is 4.54. The lowest BCUT2D eigenvalue weighted by molar-refractivity contribution is -0.567. The first-order valence-electron chi connectivity index (χ1n) is 6.01. The Labute approximate surface area is 120 Å². The summed E-state index contributed by atoms with van der Waals surface area (Å²) in [5.74, 6) is -1.95. The van der Waals surface area contributed by atoms with Gasteiger partial charge in [0.25, 0.3) is 6.29 Å². The zero-order valence-electron chi connectivity index (χ0n) is 11.7. The van der Waals surface area contributed by atoms with Crippen molar-refractivity contribution in [3.63, 3.8) is 0 Å². The van der Waals surface area contributed by atoms with Crippen LogP contribution < -0.4 is 0 Å². The summed E-state index contributed by atoms with van der Waals surface area (Å²) in [7, 11) is 0. The molecule has 2 unspecified atom stereocenters. The van der Waals surface area contributed by atoms with E-state index in [2.05, 4.69) is 0 Å². The van der Waals surface area contributed by atoms with Crippen LogP contribution in [-0.4, -0.2) is 40.8 Å². The molecule has 0 radical (unpaired) electrons. The summed E-state index contributed by atoms with van der Waals surface area (Å²) in [5, 5.41) is 10.8. The molecule has 9 nitrogen and oxygen atoms in total. The number of rotatable bonds is 6. The average Bonchev–Trinajstić information content (AvgIpc) is 2.71. The molecule has 0 amide bonds. The second-order valence-electron chi connectivity index (χ2n) is 4.54. The van der Waals surface area contributed by atoms with E-state index in [0.29, 0.717) is 0 Å². The molecule has 0 aromatic carbocycles.